The second-order valence-electron chi connectivity index (χ2n) is 8.32. The molecular formula is C25H29N3O4. The maximum atomic E-state index is 13.2. The lowest BCUT2D eigenvalue weighted by molar-refractivity contribution is 0.0818. The fraction of sp³-hybridized carbons (Fsp3) is 0.360. The van der Waals surface area contributed by atoms with Crippen molar-refractivity contribution in [2.75, 3.05) is 25.6 Å². The third-order valence-electron chi connectivity index (χ3n) is 5.82. The molecule has 0 spiro atoms. The minimum Gasteiger partial charge on any atom is -0.495 e. The third-order valence-corrected chi connectivity index (χ3v) is 5.82. The molecular weight excluding hydrogens is 406 g/mol. The van der Waals surface area contributed by atoms with Crippen molar-refractivity contribution in [2.45, 2.75) is 39.3 Å². The molecule has 1 aliphatic heterocycles. The molecule has 0 bridgehead atoms. The Labute approximate surface area is 187 Å². The van der Waals surface area contributed by atoms with Crippen molar-refractivity contribution in [3.05, 3.63) is 69.5 Å². The quantitative estimate of drug-likeness (QED) is 0.602. The molecule has 168 valence electrons. The van der Waals surface area contributed by atoms with E-state index in [-0.39, 0.29) is 24.2 Å². The van der Waals surface area contributed by atoms with Gasteiger partial charge in [0.05, 0.1) is 31.0 Å². The van der Waals surface area contributed by atoms with Crippen LogP contribution in [0, 0.1) is 13.8 Å². The summed E-state index contributed by atoms with van der Waals surface area (Å²) < 4.78 is 11.1. The van der Waals surface area contributed by atoms with Gasteiger partial charge in [0.1, 0.15) is 5.75 Å². The zero-order chi connectivity index (χ0) is 22.7. The van der Waals surface area contributed by atoms with Crippen LogP contribution < -0.4 is 15.6 Å². The molecule has 0 radical (unpaired) electrons. The number of methoxy groups -OCH3 is 1. The predicted octanol–water partition coefficient (Wildman–Crippen LogP) is 4.37. The maximum absolute atomic E-state index is 13.2. The number of nitrogens with one attached hydrogen (secondary N) is 2. The fourth-order valence-corrected chi connectivity index (χ4v) is 4.25. The van der Waals surface area contributed by atoms with E-state index >= 15 is 0 Å². The summed E-state index contributed by atoms with van der Waals surface area (Å²) in [6, 6.07) is 12.9. The number of pyridine rings is 1. The van der Waals surface area contributed by atoms with Crippen LogP contribution in [0.4, 0.5) is 10.5 Å². The summed E-state index contributed by atoms with van der Waals surface area (Å²) in [4.78, 5) is 30.7. The van der Waals surface area contributed by atoms with Crippen LogP contribution in [0.25, 0.3) is 10.9 Å². The Morgan fingerprint density at radius 1 is 1.25 bits per heavy atom. The van der Waals surface area contributed by atoms with Gasteiger partial charge in [-0.25, -0.2) is 4.79 Å². The molecule has 2 aromatic carbocycles. The minimum absolute atomic E-state index is 0.0394. The van der Waals surface area contributed by atoms with Crippen molar-refractivity contribution >= 4 is 22.6 Å². The molecule has 7 nitrogen and oxygen atoms in total. The van der Waals surface area contributed by atoms with Gasteiger partial charge in [-0.15, -0.1) is 0 Å². The lowest BCUT2D eigenvalue weighted by Gasteiger charge is -2.26. The Hall–Kier alpha value is -3.32. The first-order valence-electron chi connectivity index (χ1n) is 10.9. The van der Waals surface area contributed by atoms with Gasteiger partial charge in [0.15, 0.2) is 0 Å². The van der Waals surface area contributed by atoms with Gasteiger partial charge in [0.25, 0.3) is 5.56 Å². The Balaban J connectivity index is 1.64. The minimum atomic E-state index is -0.301. The molecule has 1 atom stereocenters. The van der Waals surface area contributed by atoms with Gasteiger partial charge in [-0.1, -0.05) is 23.8 Å². The maximum Gasteiger partial charge on any atom is 0.322 e. The number of H-pyrrole nitrogens is 1. The Kier molecular flexibility index (Phi) is 6.46. The summed E-state index contributed by atoms with van der Waals surface area (Å²) in [6.45, 7) is 5.29. The van der Waals surface area contributed by atoms with Crippen LogP contribution in [-0.4, -0.2) is 42.3 Å². The molecule has 2 heterocycles. The van der Waals surface area contributed by atoms with Crippen LogP contribution in [-0.2, 0) is 11.3 Å². The smallest absolute Gasteiger partial charge is 0.322 e. The molecule has 1 fully saturated rings. The summed E-state index contributed by atoms with van der Waals surface area (Å²) in [7, 11) is 1.56. The molecule has 2 amide bonds. The standard InChI is InChI=1S/C25H29N3O4/c1-16-11-17(2)23-18(12-16)13-19(24(29)27-23)14-28(15-20-7-6-10-32-20)25(30)26-21-8-4-5-9-22(21)31-3/h4-5,8-9,11-13,20H,6-7,10,14-15H2,1-3H3,(H,26,30)(H,27,29)/t20-/m1/s1. The van der Waals surface area contributed by atoms with Gasteiger partial charge in [-0.05, 0) is 61.9 Å². The number of carbonyl (C=O) groups is 1. The molecule has 3 aromatic rings. The topological polar surface area (TPSA) is 83.7 Å². The highest BCUT2D eigenvalue weighted by molar-refractivity contribution is 5.91. The summed E-state index contributed by atoms with van der Waals surface area (Å²) in [6.07, 6.45) is 1.83. The number of aromatic amines is 1. The summed E-state index contributed by atoms with van der Waals surface area (Å²) in [5.74, 6) is 0.576. The van der Waals surface area contributed by atoms with E-state index in [0.29, 0.717) is 30.2 Å². The molecule has 32 heavy (non-hydrogen) atoms. The van der Waals surface area contributed by atoms with E-state index in [2.05, 4.69) is 10.3 Å². The van der Waals surface area contributed by atoms with E-state index in [1.165, 1.54) is 0 Å². The number of benzene rings is 2. The average molecular weight is 436 g/mol. The van der Waals surface area contributed by atoms with E-state index in [9.17, 15) is 9.59 Å². The summed E-state index contributed by atoms with van der Waals surface area (Å²) >= 11 is 0. The van der Waals surface area contributed by atoms with Crippen molar-refractivity contribution in [3.8, 4) is 5.75 Å². The van der Waals surface area contributed by atoms with Crippen LogP contribution in [0.15, 0.2) is 47.3 Å². The predicted molar refractivity (Wildman–Crippen MR) is 125 cm³/mol. The van der Waals surface area contributed by atoms with E-state index in [1.54, 1.807) is 24.1 Å². The van der Waals surface area contributed by atoms with Gasteiger partial charge in [0, 0.05) is 18.7 Å². The Morgan fingerprint density at radius 2 is 2.06 bits per heavy atom. The highest BCUT2D eigenvalue weighted by Gasteiger charge is 2.24. The number of hydrogen-bond acceptors (Lipinski definition) is 4. The second kappa shape index (κ2) is 9.44. The molecule has 1 saturated heterocycles. The molecule has 0 unspecified atom stereocenters. The first-order valence-corrected chi connectivity index (χ1v) is 10.9. The normalized spacial score (nSPS) is 15.7. The van der Waals surface area contributed by atoms with Crippen LogP contribution in [0.1, 0.15) is 29.5 Å². The number of amides is 2. The number of aryl methyl sites for hydroxylation is 2. The zero-order valence-corrected chi connectivity index (χ0v) is 18.7. The molecule has 1 aliphatic rings. The van der Waals surface area contributed by atoms with Crippen molar-refractivity contribution in [3.63, 3.8) is 0 Å². The molecule has 4 rings (SSSR count). The van der Waals surface area contributed by atoms with Gasteiger partial charge in [-0.2, -0.15) is 0 Å². The Bertz CT molecular complexity index is 1180. The first kappa shape index (κ1) is 21.9. The number of carbonyl (C=O) groups excluding carboxylic acids is 1. The van der Waals surface area contributed by atoms with Gasteiger partial charge in [-0.3, -0.25) is 4.79 Å². The van der Waals surface area contributed by atoms with Crippen molar-refractivity contribution < 1.29 is 14.3 Å². The first-order chi connectivity index (χ1) is 15.4. The monoisotopic (exact) mass is 435 g/mol. The molecule has 7 heteroatoms. The van der Waals surface area contributed by atoms with Gasteiger partial charge < -0.3 is 24.7 Å². The van der Waals surface area contributed by atoms with Gasteiger partial charge >= 0.3 is 6.03 Å². The highest BCUT2D eigenvalue weighted by atomic mass is 16.5. The lowest BCUT2D eigenvalue weighted by Crippen LogP contribution is -2.40. The SMILES string of the molecule is COc1ccccc1NC(=O)N(Cc1cc2cc(C)cc(C)c2[nH]c1=O)C[C@H]1CCCO1. The second-order valence-corrected chi connectivity index (χ2v) is 8.32. The number of ether oxygens (including phenoxy) is 2. The zero-order valence-electron chi connectivity index (χ0n) is 18.7. The molecule has 0 saturated carbocycles. The Morgan fingerprint density at radius 3 is 2.81 bits per heavy atom. The van der Waals surface area contributed by atoms with Crippen molar-refractivity contribution in [1.82, 2.24) is 9.88 Å². The average Bonchev–Trinajstić information content (AvgIpc) is 3.28. The highest BCUT2D eigenvalue weighted by Crippen LogP contribution is 2.24. The van der Waals surface area contributed by atoms with E-state index in [4.69, 9.17) is 9.47 Å². The number of nitrogens with zero attached hydrogens (tertiary/aromatic N) is 1. The van der Waals surface area contributed by atoms with E-state index in [0.717, 1.165) is 34.9 Å². The number of urea groups is 1. The fourth-order valence-electron chi connectivity index (χ4n) is 4.25. The van der Waals surface area contributed by atoms with Crippen molar-refractivity contribution in [1.29, 1.82) is 0 Å². The van der Waals surface area contributed by atoms with Crippen LogP contribution >= 0.6 is 0 Å². The van der Waals surface area contributed by atoms with Crippen LogP contribution in [0.5, 0.6) is 5.75 Å². The molecule has 1 aromatic heterocycles. The largest absolute Gasteiger partial charge is 0.495 e. The summed E-state index contributed by atoms with van der Waals surface area (Å²) in [5, 5.41) is 3.88. The van der Waals surface area contributed by atoms with Crippen molar-refractivity contribution in [2.24, 2.45) is 0 Å². The number of anilines is 1. The third kappa shape index (κ3) is 4.78. The van der Waals surface area contributed by atoms with E-state index in [1.807, 2.05) is 44.2 Å². The summed E-state index contributed by atoms with van der Waals surface area (Å²) in [5.41, 5.74) is 3.90. The van der Waals surface area contributed by atoms with Crippen LogP contribution in [0.3, 0.4) is 0 Å². The number of rotatable bonds is 6. The van der Waals surface area contributed by atoms with Gasteiger partial charge in [0.2, 0.25) is 0 Å². The number of fused-ring (bicyclic) bond motifs is 1. The van der Waals surface area contributed by atoms with E-state index < -0.39 is 0 Å². The number of para-hydroxylation sites is 2. The lowest BCUT2D eigenvalue weighted by atomic mass is 10.1. The van der Waals surface area contributed by atoms with Crippen LogP contribution in [0.2, 0.25) is 0 Å². The molecule has 0 aliphatic carbocycles. The number of hydrogen-bond donors (Lipinski definition) is 2. The number of aromatic nitrogens is 1. The molecule has 2 N–H and O–H groups in total.